The highest BCUT2D eigenvalue weighted by Gasteiger charge is 2.34. The van der Waals surface area contributed by atoms with Gasteiger partial charge in [-0.15, -0.1) is 11.3 Å². The maximum Gasteiger partial charge on any atom is 0.129 e. The average molecular weight is 302 g/mol. The van der Waals surface area contributed by atoms with Crippen LogP contribution < -0.4 is 10.1 Å². The lowest BCUT2D eigenvalue weighted by Crippen LogP contribution is -2.30. The van der Waals surface area contributed by atoms with Gasteiger partial charge in [0.15, 0.2) is 0 Å². The van der Waals surface area contributed by atoms with Crippen LogP contribution >= 0.6 is 11.3 Å². The molecule has 1 aliphatic carbocycles. The van der Waals surface area contributed by atoms with Gasteiger partial charge in [0.1, 0.15) is 10.8 Å². The lowest BCUT2D eigenvalue weighted by Gasteiger charge is -2.34. The van der Waals surface area contributed by atoms with Crippen LogP contribution in [0.4, 0.5) is 0 Å². The Morgan fingerprint density at radius 2 is 2.10 bits per heavy atom. The highest BCUT2D eigenvalue weighted by Crippen LogP contribution is 2.45. The van der Waals surface area contributed by atoms with Crippen molar-refractivity contribution in [2.24, 2.45) is 5.41 Å². The molecule has 0 bridgehead atoms. The van der Waals surface area contributed by atoms with Crippen molar-refractivity contribution in [2.45, 2.75) is 32.7 Å². The second kappa shape index (κ2) is 5.43. The largest absolute Gasteiger partial charge is 0.496 e. The summed E-state index contributed by atoms with van der Waals surface area (Å²) in [5.74, 6) is 0.892. The van der Waals surface area contributed by atoms with Gasteiger partial charge in [0.05, 0.1) is 18.4 Å². The Bertz CT molecular complexity index is 648. The van der Waals surface area contributed by atoms with Crippen molar-refractivity contribution in [3.8, 4) is 16.3 Å². The maximum absolute atomic E-state index is 5.48. The summed E-state index contributed by atoms with van der Waals surface area (Å²) >= 11 is 1.80. The topological polar surface area (TPSA) is 34.2 Å². The molecule has 3 rings (SSSR count). The molecule has 0 radical (unpaired) electrons. The van der Waals surface area contributed by atoms with E-state index in [4.69, 9.17) is 9.72 Å². The minimum absolute atomic E-state index is 0.298. The van der Waals surface area contributed by atoms with Crippen LogP contribution in [0.15, 0.2) is 24.3 Å². The Kier molecular flexibility index (Phi) is 3.76. The summed E-state index contributed by atoms with van der Waals surface area (Å²) in [6, 6.07) is 8.52. The quantitative estimate of drug-likeness (QED) is 0.928. The zero-order chi connectivity index (χ0) is 15.0. The second-order valence-electron chi connectivity index (χ2n) is 6.42. The van der Waals surface area contributed by atoms with Gasteiger partial charge in [0.2, 0.25) is 0 Å². The molecule has 0 amide bonds. The van der Waals surface area contributed by atoms with Crippen molar-refractivity contribution in [1.29, 1.82) is 0 Å². The molecular formula is C17H22N2OS. The van der Waals surface area contributed by atoms with Gasteiger partial charge in [-0.05, 0) is 37.4 Å². The van der Waals surface area contributed by atoms with E-state index in [2.05, 4.69) is 25.2 Å². The lowest BCUT2D eigenvalue weighted by molar-refractivity contribution is 0.265. The molecule has 0 saturated carbocycles. The molecule has 3 nitrogen and oxygen atoms in total. The summed E-state index contributed by atoms with van der Waals surface area (Å²) in [5.41, 5.74) is 2.64. The number of nitrogens with one attached hydrogen (secondary N) is 1. The SMILES string of the molecule is CNC1CC(C)(C)Cc2nc(-c3ccccc3OC)sc21. The monoisotopic (exact) mass is 302 g/mol. The van der Waals surface area contributed by atoms with E-state index in [9.17, 15) is 0 Å². The molecule has 1 atom stereocenters. The molecule has 0 aliphatic heterocycles. The van der Waals surface area contributed by atoms with Crippen molar-refractivity contribution in [3.05, 3.63) is 34.8 Å². The molecule has 4 heteroatoms. The number of fused-ring (bicyclic) bond motifs is 1. The Morgan fingerprint density at radius 3 is 2.81 bits per heavy atom. The van der Waals surface area contributed by atoms with Crippen LogP contribution in [0.25, 0.3) is 10.6 Å². The summed E-state index contributed by atoms with van der Waals surface area (Å²) in [4.78, 5) is 6.31. The van der Waals surface area contributed by atoms with Crippen molar-refractivity contribution < 1.29 is 4.74 Å². The summed E-state index contributed by atoms with van der Waals surface area (Å²) in [6.45, 7) is 4.64. The molecule has 1 aliphatic rings. The van der Waals surface area contributed by atoms with E-state index in [1.54, 1.807) is 18.4 Å². The van der Waals surface area contributed by atoms with Crippen molar-refractivity contribution >= 4 is 11.3 Å². The highest BCUT2D eigenvalue weighted by atomic mass is 32.1. The number of benzene rings is 1. The van der Waals surface area contributed by atoms with Crippen LogP contribution in [0.5, 0.6) is 5.75 Å². The number of thiazole rings is 1. The normalized spacial score (nSPS) is 20.1. The van der Waals surface area contributed by atoms with Gasteiger partial charge in [-0.3, -0.25) is 0 Å². The standard InChI is InChI=1S/C17H22N2OS/c1-17(2)9-12(18-3)15-13(10-17)19-16(21-15)11-7-5-6-8-14(11)20-4/h5-8,12,18H,9-10H2,1-4H3. The van der Waals surface area contributed by atoms with Crippen LogP contribution in [-0.2, 0) is 6.42 Å². The molecule has 1 N–H and O–H groups in total. The molecule has 0 saturated heterocycles. The molecule has 1 aromatic heterocycles. The van der Waals surface area contributed by atoms with E-state index in [-0.39, 0.29) is 0 Å². The van der Waals surface area contributed by atoms with Crippen LogP contribution in [0, 0.1) is 5.41 Å². The summed E-state index contributed by atoms with van der Waals surface area (Å²) in [6.07, 6.45) is 2.20. The van der Waals surface area contributed by atoms with Crippen molar-refractivity contribution in [3.63, 3.8) is 0 Å². The molecular weight excluding hydrogens is 280 g/mol. The molecule has 1 heterocycles. The van der Waals surface area contributed by atoms with Crippen LogP contribution in [0.1, 0.15) is 36.9 Å². The number of rotatable bonds is 3. The van der Waals surface area contributed by atoms with E-state index in [0.29, 0.717) is 11.5 Å². The lowest BCUT2D eigenvalue weighted by atomic mass is 9.76. The predicted molar refractivity (Wildman–Crippen MR) is 88.0 cm³/mol. The Hall–Kier alpha value is -1.39. The Morgan fingerprint density at radius 1 is 1.33 bits per heavy atom. The number of para-hydroxylation sites is 1. The summed E-state index contributed by atoms with van der Waals surface area (Å²) in [5, 5.41) is 4.51. The second-order valence-corrected chi connectivity index (χ2v) is 7.45. The number of nitrogens with zero attached hydrogens (tertiary/aromatic N) is 1. The van der Waals surface area contributed by atoms with Crippen LogP contribution in [0.2, 0.25) is 0 Å². The zero-order valence-electron chi connectivity index (χ0n) is 13.1. The molecule has 1 unspecified atom stereocenters. The minimum atomic E-state index is 0.298. The Balaban J connectivity index is 2.06. The Labute approximate surface area is 130 Å². The first-order valence-electron chi connectivity index (χ1n) is 7.34. The number of hydrogen-bond acceptors (Lipinski definition) is 4. The van der Waals surface area contributed by atoms with E-state index >= 15 is 0 Å². The molecule has 1 aromatic carbocycles. The molecule has 2 aromatic rings. The van der Waals surface area contributed by atoms with Gasteiger partial charge in [0.25, 0.3) is 0 Å². The first-order valence-corrected chi connectivity index (χ1v) is 8.16. The van der Waals surface area contributed by atoms with Gasteiger partial charge in [-0.2, -0.15) is 0 Å². The molecule has 21 heavy (non-hydrogen) atoms. The number of methoxy groups -OCH3 is 1. The third-order valence-corrected chi connectivity index (χ3v) is 5.38. The van der Waals surface area contributed by atoms with E-state index in [1.807, 2.05) is 25.2 Å². The minimum Gasteiger partial charge on any atom is -0.496 e. The third-order valence-electron chi connectivity index (χ3n) is 4.13. The first kappa shape index (κ1) is 14.5. The zero-order valence-corrected chi connectivity index (χ0v) is 13.9. The van der Waals surface area contributed by atoms with Gasteiger partial charge < -0.3 is 10.1 Å². The fourth-order valence-electron chi connectivity index (χ4n) is 3.10. The summed E-state index contributed by atoms with van der Waals surface area (Å²) in [7, 11) is 3.75. The number of hydrogen-bond donors (Lipinski definition) is 1. The fourth-order valence-corrected chi connectivity index (χ4v) is 4.32. The summed E-state index contributed by atoms with van der Waals surface area (Å²) < 4.78 is 5.48. The first-order chi connectivity index (χ1) is 10.0. The fraction of sp³-hybridized carbons (Fsp3) is 0.471. The van der Waals surface area contributed by atoms with Crippen molar-refractivity contribution in [1.82, 2.24) is 10.3 Å². The van der Waals surface area contributed by atoms with E-state index in [0.717, 1.165) is 29.2 Å². The molecule has 0 fully saturated rings. The smallest absolute Gasteiger partial charge is 0.129 e. The molecule has 0 spiro atoms. The van der Waals surface area contributed by atoms with Crippen LogP contribution in [0.3, 0.4) is 0 Å². The van der Waals surface area contributed by atoms with E-state index < -0.39 is 0 Å². The van der Waals surface area contributed by atoms with Gasteiger partial charge in [0, 0.05) is 10.9 Å². The highest BCUT2D eigenvalue weighted by molar-refractivity contribution is 7.15. The van der Waals surface area contributed by atoms with Gasteiger partial charge in [-0.25, -0.2) is 4.98 Å². The molecule has 112 valence electrons. The maximum atomic E-state index is 5.48. The third kappa shape index (κ3) is 2.70. The van der Waals surface area contributed by atoms with E-state index in [1.165, 1.54) is 10.6 Å². The van der Waals surface area contributed by atoms with Crippen molar-refractivity contribution in [2.75, 3.05) is 14.2 Å². The predicted octanol–water partition coefficient (Wildman–Crippen LogP) is 4.05. The van der Waals surface area contributed by atoms with Gasteiger partial charge >= 0.3 is 0 Å². The van der Waals surface area contributed by atoms with Gasteiger partial charge in [-0.1, -0.05) is 26.0 Å². The number of aromatic nitrogens is 1. The average Bonchev–Trinajstić information content (AvgIpc) is 2.88. The number of ether oxygens (including phenoxy) is 1. The van der Waals surface area contributed by atoms with Crippen LogP contribution in [-0.4, -0.2) is 19.1 Å².